The molecule has 0 amide bonds. The molecule has 2 N–H and O–H groups in total. The topological polar surface area (TPSA) is 107 Å². The van der Waals surface area contributed by atoms with Gasteiger partial charge in [-0.2, -0.15) is 5.10 Å². The average Bonchev–Trinajstić information content (AvgIpc) is 3.19. The highest BCUT2D eigenvalue weighted by atomic mass is 16.5. The van der Waals surface area contributed by atoms with E-state index < -0.39 is 6.10 Å². The summed E-state index contributed by atoms with van der Waals surface area (Å²) in [5.41, 5.74) is 4.71. The Labute approximate surface area is 197 Å². The lowest BCUT2D eigenvalue weighted by atomic mass is 10.0. The first-order valence-electron chi connectivity index (χ1n) is 11.4. The van der Waals surface area contributed by atoms with Crippen LogP contribution < -0.4 is 10.1 Å². The maximum absolute atomic E-state index is 9.86. The number of fused-ring (bicyclic) bond motifs is 1. The lowest BCUT2D eigenvalue weighted by molar-refractivity contribution is -0.0458. The molecule has 9 heteroatoms. The van der Waals surface area contributed by atoms with Crippen molar-refractivity contribution in [2.75, 3.05) is 25.1 Å². The van der Waals surface area contributed by atoms with Gasteiger partial charge in [0.05, 0.1) is 37.6 Å². The second kappa shape index (κ2) is 9.36. The zero-order valence-corrected chi connectivity index (χ0v) is 19.5. The maximum Gasteiger partial charge on any atom is 0.154 e. The highest BCUT2D eigenvalue weighted by Gasteiger charge is 2.22. The summed E-state index contributed by atoms with van der Waals surface area (Å²) in [4.78, 5) is 13.2. The second-order valence-electron chi connectivity index (χ2n) is 8.81. The van der Waals surface area contributed by atoms with E-state index >= 15 is 0 Å². The number of aryl methyl sites for hydroxylation is 3. The van der Waals surface area contributed by atoms with Crippen LogP contribution in [0.3, 0.4) is 0 Å². The smallest absolute Gasteiger partial charge is 0.154 e. The van der Waals surface area contributed by atoms with Gasteiger partial charge in [-0.15, -0.1) is 0 Å². The van der Waals surface area contributed by atoms with E-state index in [2.05, 4.69) is 31.4 Å². The van der Waals surface area contributed by atoms with Crippen LogP contribution in [0.25, 0.3) is 16.6 Å². The SMILES string of the molecule is Cc1cc(-c2ccn3nc(Nc4cc(C)nc(C)n4)cc3c2)c(OC[C@H]2COC[C@@H](O)C2)cn1. The standard InChI is InChI=1S/C25H28N6O3/c1-15-6-22(23(11-26-15)34-13-18-8-21(32)14-33-12-18)19-4-5-31-20(9-19)10-25(30-31)29-24-7-16(2)27-17(3)28-24/h4-7,9-11,18,21,32H,8,12-14H2,1-3H3,(H,27,28,29,30)/t18-,21+/m1/s1. The van der Waals surface area contributed by atoms with Crippen LogP contribution in [0.4, 0.5) is 11.6 Å². The first kappa shape index (κ1) is 22.2. The van der Waals surface area contributed by atoms with Gasteiger partial charge in [-0.3, -0.25) is 4.98 Å². The molecule has 5 rings (SSSR count). The fourth-order valence-electron chi connectivity index (χ4n) is 4.24. The molecule has 0 aliphatic carbocycles. The van der Waals surface area contributed by atoms with E-state index in [0.29, 0.717) is 49.5 Å². The third-order valence-electron chi connectivity index (χ3n) is 5.74. The van der Waals surface area contributed by atoms with Crippen molar-refractivity contribution in [2.45, 2.75) is 33.3 Å². The van der Waals surface area contributed by atoms with Crippen LogP contribution in [0.5, 0.6) is 5.75 Å². The summed E-state index contributed by atoms with van der Waals surface area (Å²) in [6, 6.07) is 9.98. The fourth-order valence-corrected chi connectivity index (χ4v) is 4.24. The number of ether oxygens (including phenoxy) is 2. The van der Waals surface area contributed by atoms with Gasteiger partial charge in [-0.25, -0.2) is 14.5 Å². The van der Waals surface area contributed by atoms with E-state index in [1.54, 1.807) is 6.20 Å². The van der Waals surface area contributed by atoms with Gasteiger partial charge in [0, 0.05) is 41.2 Å². The Kier molecular flexibility index (Phi) is 6.12. The van der Waals surface area contributed by atoms with Crippen molar-refractivity contribution in [3.8, 4) is 16.9 Å². The van der Waals surface area contributed by atoms with Gasteiger partial charge in [0.25, 0.3) is 0 Å². The van der Waals surface area contributed by atoms with Gasteiger partial charge in [0.1, 0.15) is 17.4 Å². The number of hydrogen-bond donors (Lipinski definition) is 2. The molecule has 34 heavy (non-hydrogen) atoms. The fraction of sp³-hybridized carbons (Fsp3) is 0.360. The normalized spacial score (nSPS) is 18.2. The molecule has 1 fully saturated rings. The van der Waals surface area contributed by atoms with Gasteiger partial charge in [-0.1, -0.05) is 0 Å². The molecule has 0 aromatic carbocycles. The Morgan fingerprint density at radius 3 is 2.79 bits per heavy atom. The van der Waals surface area contributed by atoms with Crippen LogP contribution in [0, 0.1) is 26.7 Å². The number of nitrogens with zero attached hydrogens (tertiary/aromatic N) is 5. The molecule has 1 aliphatic rings. The molecular weight excluding hydrogens is 432 g/mol. The molecule has 0 bridgehead atoms. The summed E-state index contributed by atoms with van der Waals surface area (Å²) in [5, 5.41) is 17.7. The summed E-state index contributed by atoms with van der Waals surface area (Å²) in [5.74, 6) is 2.99. The minimum atomic E-state index is -0.430. The van der Waals surface area contributed by atoms with Crippen molar-refractivity contribution in [2.24, 2.45) is 5.92 Å². The number of nitrogens with one attached hydrogen (secondary N) is 1. The molecule has 0 unspecified atom stereocenters. The van der Waals surface area contributed by atoms with E-state index in [-0.39, 0.29) is 5.92 Å². The third-order valence-corrected chi connectivity index (χ3v) is 5.74. The molecular formula is C25H28N6O3. The van der Waals surface area contributed by atoms with Crippen molar-refractivity contribution in [1.29, 1.82) is 0 Å². The van der Waals surface area contributed by atoms with Crippen LogP contribution in [0.2, 0.25) is 0 Å². The summed E-state index contributed by atoms with van der Waals surface area (Å²) in [6.07, 6.45) is 3.94. The first-order valence-corrected chi connectivity index (χ1v) is 11.4. The molecule has 1 aliphatic heterocycles. The predicted molar refractivity (Wildman–Crippen MR) is 128 cm³/mol. The Balaban J connectivity index is 1.39. The molecule has 2 atom stereocenters. The van der Waals surface area contributed by atoms with E-state index in [9.17, 15) is 5.11 Å². The molecule has 0 saturated carbocycles. The van der Waals surface area contributed by atoms with Crippen LogP contribution in [0.15, 0.2) is 42.7 Å². The summed E-state index contributed by atoms with van der Waals surface area (Å²) in [7, 11) is 0. The number of aromatic nitrogens is 5. The monoisotopic (exact) mass is 460 g/mol. The number of anilines is 2. The Morgan fingerprint density at radius 2 is 1.97 bits per heavy atom. The average molecular weight is 461 g/mol. The minimum Gasteiger partial charge on any atom is -0.491 e. The highest BCUT2D eigenvalue weighted by Crippen LogP contribution is 2.32. The number of hydrogen-bond acceptors (Lipinski definition) is 8. The molecule has 0 radical (unpaired) electrons. The van der Waals surface area contributed by atoms with Crippen molar-refractivity contribution < 1.29 is 14.6 Å². The maximum atomic E-state index is 9.86. The summed E-state index contributed by atoms with van der Waals surface area (Å²) in [6.45, 7) is 7.23. The zero-order valence-electron chi connectivity index (χ0n) is 19.5. The number of rotatable bonds is 6. The third kappa shape index (κ3) is 5.00. The van der Waals surface area contributed by atoms with E-state index in [1.165, 1.54) is 0 Å². The van der Waals surface area contributed by atoms with E-state index in [0.717, 1.165) is 28.0 Å². The van der Waals surface area contributed by atoms with Crippen molar-refractivity contribution in [1.82, 2.24) is 24.6 Å². The van der Waals surface area contributed by atoms with Crippen LogP contribution in [-0.2, 0) is 4.74 Å². The largest absolute Gasteiger partial charge is 0.491 e. The van der Waals surface area contributed by atoms with Gasteiger partial charge in [0.15, 0.2) is 5.82 Å². The number of aliphatic hydroxyl groups excluding tert-OH is 1. The van der Waals surface area contributed by atoms with Crippen LogP contribution in [-0.4, -0.2) is 55.6 Å². The van der Waals surface area contributed by atoms with E-state index in [4.69, 9.17) is 9.47 Å². The Morgan fingerprint density at radius 1 is 1.09 bits per heavy atom. The van der Waals surface area contributed by atoms with Gasteiger partial charge in [0.2, 0.25) is 0 Å². The van der Waals surface area contributed by atoms with Crippen molar-refractivity contribution in [3.63, 3.8) is 0 Å². The lowest BCUT2D eigenvalue weighted by Gasteiger charge is -2.26. The summed E-state index contributed by atoms with van der Waals surface area (Å²) >= 11 is 0. The zero-order chi connectivity index (χ0) is 23.7. The van der Waals surface area contributed by atoms with E-state index in [1.807, 2.05) is 55.7 Å². The molecule has 4 aromatic rings. The van der Waals surface area contributed by atoms with Crippen molar-refractivity contribution in [3.05, 3.63) is 59.9 Å². The number of pyridine rings is 2. The van der Waals surface area contributed by atoms with Crippen molar-refractivity contribution >= 4 is 17.2 Å². The molecule has 0 spiro atoms. The quantitative estimate of drug-likeness (QED) is 0.449. The number of aliphatic hydroxyl groups is 1. The molecule has 5 heterocycles. The van der Waals surface area contributed by atoms with Gasteiger partial charge >= 0.3 is 0 Å². The summed E-state index contributed by atoms with van der Waals surface area (Å²) < 4.78 is 13.4. The molecule has 176 valence electrons. The molecule has 4 aromatic heterocycles. The lowest BCUT2D eigenvalue weighted by Crippen LogP contribution is -2.32. The highest BCUT2D eigenvalue weighted by molar-refractivity contribution is 5.75. The predicted octanol–water partition coefficient (Wildman–Crippen LogP) is 3.63. The molecule has 1 saturated heterocycles. The van der Waals surface area contributed by atoms with Crippen LogP contribution in [0.1, 0.15) is 23.6 Å². The minimum absolute atomic E-state index is 0.151. The second-order valence-corrected chi connectivity index (χ2v) is 8.81. The first-order chi connectivity index (χ1) is 16.4. The van der Waals surface area contributed by atoms with Crippen LogP contribution >= 0.6 is 0 Å². The van der Waals surface area contributed by atoms with Gasteiger partial charge < -0.3 is 19.9 Å². The van der Waals surface area contributed by atoms with Gasteiger partial charge in [-0.05, 0) is 51.0 Å². The Bertz CT molecular complexity index is 1300. The Hall–Kier alpha value is -3.56. The molecule has 9 nitrogen and oxygen atoms in total.